The van der Waals surface area contributed by atoms with Gasteiger partial charge in [-0.3, -0.25) is 4.79 Å². The number of esters is 1. The summed E-state index contributed by atoms with van der Waals surface area (Å²) in [5.41, 5.74) is 1.95. The number of benzene rings is 1. The molecule has 0 aromatic heterocycles. The Kier molecular flexibility index (Phi) is 6.03. The van der Waals surface area contributed by atoms with Crippen LogP contribution in [0.4, 0.5) is 0 Å². The minimum absolute atomic E-state index is 0.171. The van der Waals surface area contributed by atoms with Crippen molar-refractivity contribution in [1.29, 1.82) is 0 Å². The largest absolute Gasteiger partial charge is 0.547 e. The van der Waals surface area contributed by atoms with E-state index in [1.54, 1.807) is 25.1 Å². The van der Waals surface area contributed by atoms with Gasteiger partial charge in [-0.2, -0.15) is 0 Å². The summed E-state index contributed by atoms with van der Waals surface area (Å²) in [6.45, 7) is 7.60. The van der Waals surface area contributed by atoms with Gasteiger partial charge in [-0.15, -0.1) is 6.58 Å². The Labute approximate surface area is 142 Å². The molecule has 0 saturated heterocycles. The highest BCUT2D eigenvalue weighted by Crippen LogP contribution is 2.30. The van der Waals surface area contributed by atoms with Crippen molar-refractivity contribution in [2.45, 2.75) is 39.1 Å². The van der Waals surface area contributed by atoms with Crippen LogP contribution >= 0.6 is 0 Å². The van der Waals surface area contributed by atoms with E-state index in [0.717, 1.165) is 11.1 Å². The predicted octanol–water partition coefficient (Wildman–Crippen LogP) is 1.66. The number of ether oxygens (including phenoxy) is 1. The van der Waals surface area contributed by atoms with E-state index in [9.17, 15) is 14.6 Å². The second-order valence-electron chi connectivity index (χ2n) is 5.86. The number of fused-ring (bicyclic) bond motifs is 1. The van der Waals surface area contributed by atoms with Crippen LogP contribution in [0.15, 0.2) is 30.4 Å². The summed E-state index contributed by atoms with van der Waals surface area (Å²) in [6, 6.07) is 5.12. The first-order chi connectivity index (χ1) is 11.4. The van der Waals surface area contributed by atoms with Crippen LogP contribution in [0, 0.1) is 0 Å². The lowest BCUT2D eigenvalue weighted by Gasteiger charge is -2.29. The SMILES string of the molecule is C=C(C)CCC(=O)N[C@H]1Cc2cccc(C(=O)OCC)c2OB1O. The molecule has 1 aromatic carbocycles. The summed E-state index contributed by atoms with van der Waals surface area (Å²) >= 11 is 0. The first-order valence-electron chi connectivity index (χ1n) is 7.99. The van der Waals surface area contributed by atoms with E-state index in [1.165, 1.54) is 0 Å². The van der Waals surface area contributed by atoms with Gasteiger partial charge in [-0.25, -0.2) is 4.79 Å². The molecule has 1 aliphatic heterocycles. The summed E-state index contributed by atoms with van der Waals surface area (Å²) in [6.07, 6.45) is 1.29. The molecule has 6 nitrogen and oxygen atoms in total. The second kappa shape index (κ2) is 8.01. The number of amides is 1. The number of nitrogens with one attached hydrogen (secondary N) is 1. The third kappa shape index (κ3) is 4.38. The van der Waals surface area contributed by atoms with Crippen LogP contribution in [-0.4, -0.2) is 36.6 Å². The fraction of sp³-hybridized carbons (Fsp3) is 0.412. The maximum atomic E-state index is 12.0. The molecular weight excluding hydrogens is 309 g/mol. The van der Waals surface area contributed by atoms with Gasteiger partial charge in [-0.05, 0) is 38.3 Å². The number of hydrogen-bond donors (Lipinski definition) is 2. The molecule has 128 valence electrons. The quantitative estimate of drug-likeness (QED) is 0.470. The van der Waals surface area contributed by atoms with Crippen LogP contribution in [0.25, 0.3) is 0 Å². The van der Waals surface area contributed by atoms with Crippen LogP contribution in [0.1, 0.15) is 42.6 Å². The van der Waals surface area contributed by atoms with E-state index in [1.807, 2.05) is 6.92 Å². The molecule has 0 bridgehead atoms. The molecule has 0 spiro atoms. The molecule has 1 atom stereocenters. The molecule has 1 aromatic rings. The van der Waals surface area contributed by atoms with E-state index >= 15 is 0 Å². The number of carbonyl (C=O) groups excluding carboxylic acids is 2. The number of para-hydroxylation sites is 1. The van der Waals surface area contributed by atoms with Crippen LogP contribution in [0.2, 0.25) is 0 Å². The molecule has 7 heteroatoms. The number of hydrogen-bond acceptors (Lipinski definition) is 5. The molecule has 0 radical (unpaired) electrons. The van der Waals surface area contributed by atoms with Crippen LogP contribution in [0.3, 0.4) is 0 Å². The summed E-state index contributed by atoms with van der Waals surface area (Å²) in [7, 11) is -1.22. The zero-order valence-corrected chi connectivity index (χ0v) is 14.0. The Bertz CT molecular complexity index is 646. The van der Waals surface area contributed by atoms with E-state index in [-0.39, 0.29) is 18.1 Å². The minimum atomic E-state index is -1.22. The molecule has 1 aliphatic rings. The Morgan fingerprint density at radius 1 is 1.46 bits per heavy atom. The molecule has 1 amide bonds. The van der Waals surface area contributed by atoms with Crippen LogP contribution in [0.5, 0.6) is 5.75 Å². The highest BCUT2D eigenvalue weighted by atomic mass is 16.5. The number of carbonyl (C=O) groups is 2. The molecule has 0 unspecified atom stereocenters. The third-order valence-corrected chi connectivity index (χ3v) is 3.74. The molecule has 0 aliphatic carbocycles. The summed E-state index contributed by atoms with van der Waals surface area (Å²) < 4.78 is 10.5. The Morgan fingerprint density at radius 2 is 2.21 bits per heavy atom. The van der Waals surface area contributed by atoms with E-state index in [0.29, 0.717) is 25.0 Å². The van der Waals surface area contributed by atoms with Crippen molar-refractivity contribution in [2.24, 2.45) is 0 Å². The molecule has 1 heterocycles. The fourth-order valence-corrected chi connectivity index (χ4v) is 2.52. The van der Waals surface area contributed by atoms with Crippen molar-refractivity contribution < 1.29 is 24.0 Å². The predicted molar refractivity (Wildman–Crippen MR) is 90.7 cm³/mol. The highest BCUT2D eigenvalue weighted by molar-refractivity contribution is 6.47. The molecule has 0 fully saturated rings. The van der Waals surface area contributed by atoms with Crippen molar-refractivity contribution in [3.63, 3.8) is 0 Å². The van der Waals surface area contributed by atoms with Gasteiger partial charge in [0.15, 0.2) is 0 Å². The topological polar surface area (TPSA) is 84.9 Å². The average molecular weight is 331 g/mol. The van der Waals surface area contributed by atoms with Gasteiger partial charge in [0.1, 0.15) is 11.3 Å². The maximum absolute atomic E-state index is 12.0. The summed E-state index contributed by atoms with van der Waals surface area (Å²) in [5.74, 6) is -0.912. The van der Waals surface area contributed by atoms with Crippen molar-refractivity contribution >= 4 is 19.0 Å². The zero-order valence-electron chi connectivity index (χ0n) is 14.0. The van der Waals surface area contributed by atoms with Gasteiger partial charge >= 0.3 is 13.1 Å². The molecule has 2 N–H and O–H groups in total. The first kappa shape index (κ1) is 18.1. The Balaban J connectivity index is 2.10. The highest BCUT2D eigenvalue weighted by Gasteiger charge is 2.37. The average Bonchev–Trinajstić information content (AvgIpc) is 2.53. The molecule has 24 heavy (non-hydrogen) atoms. The van der Waals surface area contributed by atoms with Gasteiger partial charge in [0.25, 0.3) is 0 Å². The fourth-order valence-electron chi connectivity index (χ4n) is 2.52. The molecular formula is C17H22BNO5. The van der Waals surface area contributed by atoms with Gasteiger partial charge < -0.3 is 19.7 Å². The van der Waals surface area contributed by atoms with E-state index in [4.69, 9.17) is 9.39 Å². The van der Waals surface area contributed by atoms with Crippen molar-refractivity contribution in [2.75, 3.05) is 6.61 Å². The van der Waals surface area contributed by atoms with Crippen molar-refractivity contribution in [1.82, 2.24) is 5.32 Å². The maximum Gasteiger partial charge on any atom is 0.547 e. The molecule has 0 saturated carbocycles. The van der Waals surface area contributed by atoms with Gasteiger partial charge in [-0.1, -0.05) is 17.7 Å². The lowest BCUT2D eigenvalue weighted by molar-refractivity contribution is -0.121. The van der Waals surface area contributed by atoms with Crippen molar-refractivity contribution in [3.05, 3.63) is 41.5 Å². The third-order valence-electron chi connectivity index (χ3n) is 3.74. The van der Waals surface area contributed by atoms with E-state index in [2.05, 4.69) is 11.9 Å². The zero-order chi connectivity index (χ0) is 17.7. The van der Waals surface area contributed by atoms with Gasteiger partial charge in [0.2, 0.25) is 5.91 Å². The molecule has 2 rings (SSSR count). The lowest BCUT2D eigenvalue weighted by Crippen LogP contribution is -2.53. The standard InChI is InChI=1S/C17H22BNO5/c1-4-23-17(21)13-7-5-6-12-10-14(18(22)24-16(12)13)19-15(20)9-8-11(2)3/h5-7,14,22H,2,4,8-10H2,1,3H3,(H,19,20)/t14-/m0/s1. The normalized spacial score (nSPS) is 16.0. The number of allylic oxidation sites excluding steroid dienone is 1. The summed E-state index contributed by atoms with van der Waals surface area (Å²) in [4.78, 5) is 23.9. The van der Waals surface area contributed by atoms with Gasteiger partial charge in [0, 0.05) is 6.42 Å². The van der Waals surface area contributed by atoms with Crippen molar-refractivity contribution in [3.8, 4) is 5.75 Å². The first-order valence-corrected chi connectivity index (χ1v) is 7.99. The number of rotatable bonds is 6. The monoisotopic (exact) mass is 331 g/mol. The minimum Gasteiger partial charge on any atom is -0.534 e. The van der Waals surface area contributed by atoms with Gasteiger partial charge in [0.05, 0.1) is 12.5 Å². The lowest BCUT2D eigenvalue weighted by atomic mass is 9.72. The second-order valence-corrected chi connectivity index (χ2v) is 5.86. The Hall–Kier alpha value is -2.28. The van der Waals surface area contributed by atoms with Crippen LogP contribution < -0.4 is 9.97 Å². The van der Waals surface area contributed by atoms with Crippen LogP contribution in [-0.2, 0) is 16.0 Å². The van der Waals surface area contributed by atoms with E-state index < -0.39 is 19.0 Å². The summed E-state index contributed by atoms with van der Waals surface area (Å²) in [5, 5.41) is 12.9. The Morgan fingerprint density at radius 3 is 2.88 bits per heavy atom. The smallest absolute Gasteiger partial charge is 0.534 e.